The Balaban J connectivity index is 2.20. The molecule has 21 heavy (non-hydrogen) atoms. The van der Waals surface area contributed by atoms with Gasteiger partial charge in [-0.3, -0.25) is 4.79 Å². The van der Waals surface area contributed by atoms with Crippen LogP contribution in [0.3, 0.4) is 0 Å². The standard InChI is InChI=1S/C12H11ClN4O4/c1-21-10-3-9(8(13)2-7(10)12(19)20)16-11(18)4-17-6-14-5-15-17/h2-3,5-6H,4H2,1H3,(H,16,18)(H,19,20). The molecule has 9 heteroatoms. The van der Waals surface area contributed by atoms with Gasteiger partial charge in [0.25, 0.3) is 0 Å². The van der Waals surface area contributed by atoms with E-state index in [1.807, 2.05) is 0 Å². The van der Waals surface area contributed by atoms with Gasteiger partial charge in [0, 0.05) is 6.07 Å². The number of hydrogen-bond acceptors (Lipinski definition) is 5. The summed E-state index contributed by atoms with van der Waals surface area (Å²) in [4.78, 5) is 26.6. The molecular formula is C12H11ClN4O4. The van der Waals surface area contributed by atoms with E-state index in [2.05, 4.69) is 15.4 Å². The number of hydrogen-bond donors (Lipinski definition) is 2. The van der Waals surface area contributed by atoms with Crippen LogP contribution in [-0.2, 0) is 11.3 Å². The molecule has 0 saturated carbocycles. The zero-order chi connectivity index (χ0) is 15.4. The van der Waals surface area contributed by atoms with Crippen LogP contribution in [0.15, 0.2) is 24.8 Å². The first-order valence-electron chi connectivity index (χ1n) is 5.74. The molecule has 1 heterocycles. The van der Waals surface area contributed by atoms with Crippen molar-refractivity contribution < 1.29 is 19.4 Å². The third-order valence-corrected chi connectivity index (χ3v) is 2.88. The summed E-state index contributed by atoms with van der Waals surface area (Å²) >= 11 is 5.96. The van der Waals surface area contributed by atoms with E-state index in [4.69, 9.17) is 21.4 Å². The highest BCUT2D eigenvalue weighted by Gasteiger charge is 2.16. The highest BCUT2D eigenvalue weighted by Crippen LogP contribution is 2.31. The molecule has 0 unspecified atom stereocenters. The summed E-state index contributed by atoms with van der Waals surface area (Å²) in [5.41, 5.74) is 0.167. The van der Waals surface area contributed by atoms with Crippen LogP contribution in [0.4, 0.5) is 5.69 Å². The number of carboxylic acids is 1. The number of amides is 1. The summed E-state index contributed by atoms with van der Waals surface area (Å²) in [5, 5.41) is 15.5. The van der Waals surface area contributed by atoms with E-state index in [-0.39, 0.29) is 34.5 Å². The number of carbonyl (C=O) groups is 2. The predicted molar refractivity (Wildman–Crippen MR) is 73.6 cm³/mol. The average molecular weight is 311 g/mol. The van der Waals surface area contributed by atoms with E-state index in [9.17, 15) is 9.59 Å². The van der Waals surface area contributed by atoms with Crippen LogP contribution in [0.5, 0.6) is 5.75 Å². The lowest BCUT2D eigenvalue weighted by molar-refractivity contribution is -0.116. The van der Waals surface area contributed by atoms with Crippen molar-refractivity contribution in [2.75, 3.05) is 12.4 Å². The van der Waals surface area contributed by atoms with Gasteiger partial charge in [0.1, 0.15) is 30.5 Å². The fraction of sp³-hybridized carbons (Fsp3) is 0.167. The highest BCUT2D eigenvalue weighted by atomic mass is 35.5. The number of aromatic nitrogens is 3. The smallest absolute Gasteiger partial charge is 0.339 e. The molecule has 2 rings (SSSR count). The van der Waals surface area contributed by atoms with Crippen LogP contribution in [-0.4, -0.2) is 38.9 Å². The number of halogens is 1. The molecule has 0 radical (unpaired) electrons. The first-order valence-corrected chi connectivity index (χ1v) is 6.12. The monoisotopic (exact) mass is 310 g/mol. The number of anilines is 1. The minimum atomic E-state index is -1.17. The fourth-order valence-electron chi connectivity index (χ4n) is 1.64. The molecule has 0 bridgehead atoms. The van der Waals surface area contributed by atoms with Gasteiger partial charge in [0.05, 0.1) is 17.8 Å². The van der Waals surface area contributed by atoms with E-state index in [1.165, 1.54) is 36.6 Å². The van der Waals surface area contributed by atoms with Crippen molar-refractivity contribution in [2.45, 2.75) is 6.54 Å². The Morgan fingerprint density at radius 3 is 2.81 bits per heavy atom. The molecule has 0 fully saturated rings. The Morgan fingerprint density at radius 1 is 1.48 bits per heavy atom. The van der Waals surface area contributed by atoms with Crippen molar-refractivity contribution in [3.8, 4) is 5.75 Å². The molecule has 0 aliphatic carbocycles. The third kappa shape index (κ3) is 3.48. The van der Waals surface area contributed by atoms with Gasteiger partial charge in [-0.05, 0) is 6.07 Å². The molecule has 0 saturated heterocycles. The second-order valence-corrected chi connectivity index (χ2v) is 4.39. The maximum absolute atomic E-state index is 11.8. The summed E-state index contributed by atoms with van der Waals surface area (Å²) in [5.74, 6) is -1.45. The summed E-state index contributed by atoms with van der Waals surface area (Å²) < 4.78 is 6.31. The number of ether oxygens (including phenoxy) is 1. The van der Waals surface area contributed by atoms with Gasteiger partial charge in [-0.25, -0.2) is 14.5 Å². The van der Waals surface area contributed by atoms with Crippen molar-refractivity contribution in [3.63, 3.8) is 0 Å². The molecule has 1 aromatic carbocycles. The number of carbonyl (C=O) groups excluding carboxylic acids is 1. The molecule has 2 N–H and O–H groups in total. The van der Waals surface area contributed by atoms with Crippen LogP contribution in [0.25, 0.3) is 0 Å². The van der Waals surface area contributed by atoms with Crippen LogP contribution in [0, 0.1) is 0 Å². The van der Waals surface area contributed by atoms with Crippen LogP contribution < -0.4 is 10.1 Å². The topological polar surface area (TPSA) is 106 Å². The molecule has 0 spiro atoms. The maximum atomic E-state index is 11.8. The maximum Gasteiger partial charge on any atom is 0.339 e. The van der Waals surface area contributed by atoms with Gasteiger partial charge in [-0.15, -0.1) is 0 Å². The second kappa shape index (κ2) is 6.23. The second-order valence-electron chi connectivity index (χ2n) is 3.98. The van der Waals surface area contributed by atoms with Gasteiger partial charge in [0.15, 0.2) is 0 Å². The summed E-state index contributed by atoms with van der Waals surface area (Å²) in [6, 6.07) is 2.57. The van der Waals surface area contributed by atoms with E-state index in [0.29, 0.717) is 0 Å². The molecule has 2 aromatic rings. The van der Waals surface area contributed by atoms with Crippen molar-refractivity contribution in [1.29, 1.82) is 0 Å². The normalized spacial score (nSPS) is 10.2. The number of rotatable bonds is 5. The lowest BCUT2D eigenvalue weighted by Crippen LogP contribution is -2.19. The molecule has 0 aliphatic heterocycles. The van der Waals surface area contributed by atoms with Gasteiger partial charge in [0.2, 0.25) is 5.91 Å². The number of carboxylic acid groups (broad SMARTS) is 1. The fourth-order valence-corrected chi connectivity index (χ4v) is 1.85. The Bertz CT molecular complexity index is 672. The summed E-state index contributed by atoms with van der Waals surface area (Å²) in [6.07, 6.45) is 2.71. The van der Waals surface area contributed by atoms with Crippen LogP contribution in [0.2, 0.25) is 5.02 Å². The molecule has 0 atom stereocenters. The minimum absolute atomic E-state index is 0.0423. The molecule has 1 amide bonds. The SMILES string of the molecule is COc1cc(NC(=O)Cn2cncn2)c(Cl)cc1C(=O)O. The van der Waals surface area contributed by atoms with Crippen LogP contribution >= 0.6 is 11.6 Å². The number of nitrogens with zero attached hydrogens (tertiary/aromatic N) is 3. The quantitative estimate of drug-likeness (QED) is 0.861. The van der Waals surface area contributed by atoms with Gasteiger partial charge >= 0.3 is 5.97 Å². The Morgan fingerprint density at radius 2 is 2.24 bits per heavy atom. The summed E-state index contributed by atoms with van der Waals surface area (Å²) in [6.45, 7) is -0.0423. The molecular weight excluding hydrogens is 300 g/mol. The number of methoxy groups -OCH3 is 1. The van der Waals surface area contributed by atoms with E-state index >= 15 is 0 Å². The average Bonchev–Trinajstić information content (AvgIpc) is 2.93. The number of nitrogens with one attached hydrogen (secondary N) is 1. The minimum Gasteiger partial charge on any atom is -0.496 e. The first kappa shape index (κ1) is 14.8. The van der Waals surface area contributed by atoms with Crippen molar-refractivity contribution in [2.24, 2.45) is 0 Å². The first-order chi connectivity index (χ1) is 10.0. The van der Waals surface area contributed by atoms with Gasteiger partial charge < -0.3 is 15.2 Å². The molecule has 0 aliphatic rings. The molecule has 8 nitrogen and oxygen atoms in total. The Kier molecular flexibility index (Phi) is 4.39. The lowest BCUT2D eigenvalue weighted by Gasteiger charge is -2.11. The van der Waals surface area contributed by atoms with E-state index in [0.717, 1.165) is 0 Å². The number of aromatic carboxylic acids is 1. The third-order valence-electron chi connectivity index (χ3n) is 2.57. The molecule has 110 valence electrons. The lowest BCUT2D eigenvalue weighted by atomic mass is 10.1. The van der Waals surface area contributed by atoms with E-state index in [1.54, 1.807) is 0 Å². The predicted octanol–water partition coefficient (Wildman–Crippen LogP) is 1.28. The summed E-state index contributed by atoms with van der Waals surface area (Å²) in [7, 11) is 1.33. The highest BCUT2D eigenvalue weighted by molar-refractivity contribution is 6.34. The molecule has 1 aromatic heterocycles. The van der Waals surface area contributed by atoms with Crippen molar-refractivity contribution in [3.05, 3.63) is 35.4 Å². The van der Waals surface area contributed by atoms with Gasteiger partial charge in [-0.2, -0.15) is 5.10 Å². The number of benzene rings is 1. The largest absolute Gasteiger partial charge is 0.496 e. The Labute approximate surface area is 124 Å². The van der Waals surface area contributed by atoms with Gasteiger partial charge in [-0.1, -0.05) is 11.6 Å². The zero-order valence-corrected chi connectivity index (χ0v) is 11.7. The Hall–Kier alpha value is -2.61. The van der Waals surface area contributed by atoms with Crippen molar-refractivity contribution in [1.82, 2.24) is 14.8 Å². The van der Waals surface area contributed by atoms with Crippen LogP contribution in [0.1, 0.15) is 10.4 Å². The van der Waals surface area contributed by atoms with E-state index < -0.39 is 5.97 Å². The van der Waals surface area contributed by atoms with Crippen molar-refractivity contribution >= 4 is 29.2 Å². The zero-order valence-electron chi connectivity index (χ0n) is 10.9.